The molecule has 146 valence electrons. The maximum atomic E-state index is 12.5. The largest absolute Gasteiger partial charge is 0.493 e. The number of benzene rings is 1. The molecular formula is C21H34N2O3. The van der Waals surface area contributed by atoms with Crippen LogP contribution in [0.5, 0.6) is 11.5 Å². The predicted molar refractivity (Wildman–Crippen MR) is 105 cm³/mol. The molecule has 1 N–H and O–H groups in total. The van der Waals surface area contributed by atoms with Gasteiger partial charge in [-0.25, -0.2) is 0 Å². The quantitative estimate of drug-likeness (QED) is 0.731. The van der Waals surface area contributed by atoms with Crippen LogP contribution in [0, 0.1) is 11.8 Å². The lowest BCUT2D eigenvalue weighted by atomic mass is 10.1. The first kappa shape index (κ1) is 20.6. The Balaban J connectivity index is 2.04. The van der Waals surface area contributed by atoms with Gasteiger partial charge in [0.15, 0.2) is 11.5 Å². The minimum Gasteiger partial charge on any atom is -0.493 e. The fourth-order valence-corrected chi connectivity index (χ4v) is 3.16. The molecule has 0 bridgehead atoms. The van der Waals surface area contributed by atoms with Crippen molar-refractivity contribution in [2.45, 2.75) is 53.1 Å². The minimum atomic E-state index is -0.0316. The summed E-state index contributed by atoms with van der Waals surface area (Å²) >= 11 is 0. The van der Waals surface area contributed by atoms with Gasteiger partial charge in [0.25, 0.3) is 0 Å². The smallest absolute Gasteiger partial charge is 0.237 e. The fourth-order valence-electron chi connectivity index (χ4n) is 3.16. The summed E-state index contributed by atoms with van der Waals surface area (Å²) < 4.78 is 11.3. The van der Waals surface area contributed by atoms with E-state index in [1.165, 1.54) is 0 Å². The molecule has 0 aliphatic carbocycles. The highest BCUT2D eigenvalue weighted by molar-refractivity contribution is 5.82. The summed E-state index contributed by atoms with van der Waals surface area (Å²) in [6.07, 6.45) is 1.99. The number of nitrogens with one attached hydrogen (secondary N) is 1. The molecule has 0 saturated carbocycles. The van der Waals surface area contributed by atoms with Crippen molar-refractivity contribution in [2.75, 3.05) is 26.8 Å². The zero-order chi connectivity index (χ0) is 19.1. The molecule has 26 heavy (non-hydrogen) atoms. The Labute approximate surface area is 158 Å². The van der Waals surface area contributed by atoms with Crippen LogP contribution in [-0.2, 0) is 11.3 Å². The summed E-state index contributed by atoms with van der Waals surface area (Å²) in [5, 5.41) is 3.08. The van der Waals surface area contributed by atoms with Crippen molar-refractivity contribution in [1.82, 2.24) is 10.2 Å². The average Bonchev–Trinajstić information content (AvgIpc) is 3.06. The highest BCUT2D eigenvalue weighted by Crippen LogP contribution is 2.30. The molecule has 0 unspecified atom stereocenters. The second-order valence-corrected chi connectivity index (χ2v) is 7.96. The zero-order valence-corrected chi connectivity index (χ0v) is 16.9. The second-order valence-electron chi connectivity index (χ2n) is 7.96. The van der Waals surface area contributed by atoms with E-state index in [2.05, 4.69) is 44.0 Å². The number of methoxy groups -OCH3 is 1. The highest BCUT2D eigenvalue weighted by Gasteiger charge is 2.30. The highest BCUT2D eigenvalue weighted by atomic mass is 16.5. The molecule has 1 aliphatic heterocycles. The van der Waals surface area contributed by atoms with Crippen molar-refractivity contribution in [3.05, 3.63) is 23.8 Å². The van der Waals surface area contributed by atoms with Gasteiger partial charge >= 0.3 is 0 Å². The van der Waals surface area contributed by atoms with E-state index in [9.17, 15) is 4.79 Å². The van der Waals surface area contributed by atoms with Crippen LogP contribution in [0.1, 0.15) is 46.1 Å². The normalized spacial score (nSPS) is 17.7. The Morgan fingerprint density at radius 2 is 2.00 bits per heavy atom. The number of likely N-dealkylation sites (tertiary alicyclic amines) is 1. The van der Waals surface area contributed by atoms with Crippen LogP contribution in [0.3, 0.4) is 0 Å². The van der Waals surface area contributed by atoms with Crippen LogP contribution in [0.4, 0.5) is 0 Å². The Hall–Kier alpha value is -1.75. The number of rotatable bonds is 9. The molecule has 0 aromatic heterocycles. The zero-order valence-electron chi connectivity index (χ0n) is 16.9. The van der Waals surface area contributed by atoms with Gasteiger partial charge in [-0.05, 0) is 48.9 Å². The average molecular weight is 363 g/mol. The molecule has 1 amide bonds. The van der Waals surface area contributed by atoms with Crippen molar-refractivity contribution in [3.8, 4) is 11.5 Å². The second kappa shape index (κ2) is 9.81. The van der Waals surface area contributed by atoms with Crippen molar-refractivity contribution in [3.63, 3.8) is 0 Å². The monoisotopic (exact) mass is 362 g/mol. The summed E-state index contributed by atoms with van der Waals surface area (Å²) in [7, 11) is 1.66. The Bertz CT molecular complexity index is 587. The molecule has 0 radical (unpaired) electrons. The minimum absolute atomic E-state index is 0.0316. The van der Waals surface area contributed by atoms with E-state index in [1.807, 2.05) is 12.1 Å². The fraction of sp³-hybridized carbons (Fsp3) is 0.667. The molecule has 5 nitrogen and oxygen atoms in total. The Morgan fingerprint density at radius 1 is 1.23 bits per heavy atom. The van der Waals surface area contributed by atoms with Gasteiger partial charge in [0, 0.05) is 13.1 Å². The topological polar surface area (TPSA) is 50.8 Å². The van der Waals surface area contributed by atoms with Gasteiger partial charge in [-0.3, -0.25) is 9.69 Å². The third-order valence-corrected chi connectivity index (χ3v) is 4.54. The first-order valence-electron chi connectivity index (χ1n) is 9.72. The Morgan fingerprint density at radius 3 is 2.65 bits per heavy atom. The summed E-state index contributed by atoms with van der Waals surface area (Å²) in [5.74, 6) is 2.61. The molecule has 1 aromatic carbocycles. The number of hydrogen-bond acceptors (Lipinski definition) is 4. The van der Waals surface area contributed by atoms with Gasteiger partial charge in [0.2, 0.25) is 5.91 Å². The van der Waals surface area contributed by atoms with Crippen LogP contribution in [0.2, 0.25) is 0 Å². The summed E-state index contributed by atoms with van der Waals surface area (Å²) in [6.45, 7) is 11.6. The molecule has 1 fully saturated rings. The number of carbonyl (C=O) groups excluding carboxylic acids is 1. The molecule has 1 aliphatic rings. The molecular weight excluding hydrogens is 328 g/mol. The van der Waals surface area contributed by atoms with E-state index < -0.39 is 0 Å². The molecule has 1 atom stereocenters. The van der Waals surface area contributed by atoms with Gasteiger partial charge in [0.1, 0.15) is 0 Å². The molecule has 5 heteroatoms. The van der Waals surface area contributed by atoms with Crippen LogP contribution in [0.25, 0.3) is 0 Å². The van der Waals surface area contributed by atoms with E-state index in [-0.39, 0.29) is 11.9 Å². The number of amides is 1. The van der Waals surface area contributed by atoms with Crippen LogP contribution >= 0.6 is 0 Å². The van der Waals surface area contributed by atoms with Gasteiger partial charge in [-0.15, -0.1) is 0 Å². The van der Waals surface area contributed by atoms with Gasteiger partial charge in [-0.2, -0.15) is 0 Å². The lowest BCUT2D eigenvalue weighted by Gasteiger charge is -2.24. The van der Waals surface area contributed by atoms with E-state index >= 15 is 0 Å². The number of nitrogens with zero attached hydrogens (tertiary/aromatic N) is 1. The van der Waals surface area contributed by atoms with Crippen LogP contribution < -0.4 is 14.8 Å². The maximum absolute atomic E-state index is 12.5. The lowest BCUT2D eigenvalue weighted by molar-refractivity contribution is -0.125. The summed E-state index contributed by atoms with van der Waals surface area (Å²) in [4.78, 5) is 14.8. The molecule has 1 heterocycles. The van der Waals surface area contributed by atoms with Gasteiger partial charge in [0.05, 0.1) is 19.8 Å². The van der Waals surface area contributed by atoms with Crippen molar-refractivity contribution in [2.24, 2.45) is 11.8 Å². The molecule has 1 aromatic rings. The van der Waals surface area contributed by atoms with Gasteiger partial charge < -0.3 is 14.8 Å². The summed E-state index contributed by atoms with van der Waals surface area (Å²) in [5.41, 5.74) is 1.15. The molecule has 2 rings (SSSR count). The SMILES string of the molecule is COc1ccc(CN2CCC[C@H]2C(=O)NCC(C)C)cc1OCC(C)C. The predicted octanol–water partition coefficient (Wildman–Crippen LogP) is 3.47. The molecule has 0 spiro atoms. The maximum Gasteiger partial charge on any atom is 0.237 e. The van der Waals surface area contributed by atoms with Crippen molar-refractivity contribution in [1.29, 1.82) is 0 Å². The van der Waals surface area contributed by atoms with Crippen LogP contribution in [0.15, 0.2) is 18.2 Å². The summed E-state index contributed by atoms with van der Waals surface area (Å²) in [6, 6.07) is 6.02. The first-order valence-corrected chi connectivity index (χ1v) is 9.72. The van der Waals surface area contributed by atoms with E-state index in [4.69, 9.17) is 9.47 Å². The van der Waals surface area contributed by atoms with Crippen molar-refractivity contribution < 1.29 is 14.3 Å². The molecule has 1 saturated heterocycles. The van der Waals surface area contributed by atoms with Crippen molar-refractivity contribution >= 4 is 5.91 Å². The van der Waals surface area contributed by atoms with Crippen LogP contribution in [-0.4, -0.2) is 43.7 Å². The number of ether oxygens (including phenoxy) is 2. The van der Waals surface area contributed by atoms with Gasteiger partial charge in [-0.1, -0.05) is 33.8 Å². The van der Waals surface area contributed by atoms with E-state index in [0.29, 0.717) is 18.4 Å². The van der Waals surface area contributed by atoms with E-state index in [1.54, 1.807) is 7.11 Å². The third-order valence-electron chi connectivity index (χ3n) is 4.54. The Kier molecular flexibility index (Phi) is 7.76. The lowest BCUT2D eigenvalue weighted by Crippen LogP contribution is -2.43. The number of carbonyl (C=O) groups is 1. The first-order chi connectivity index (χ1) is 12.4. The number of hydrogen-bond donors (Lipinski definition) is 1. The standard InChI is InChI=1S/C21H34N2O3/c1-15(2)12-22-21(24)18-7-6-10-23(18)13-17-8-9-19(25-5)20(11-17)26-14-16(3)4/h8-9,11,15-16,18H,6-7,10,12-14H2,1-5H3,(H,22,24)/t18-/m0/s1. The van der Waals surface area contributed by atoms with E-state index in [0.717, 1.165) is 49.5 Å². The third kappa shape index (κ3) is 5.90.